The third-order valence-electron chi connectivity index (χ3n) is 5.54. The largest absolute Gasteiger partial charge is 0.494 e. The molecule has 2 aliphatic rings. The first-order chi connectivity index (χ1) is 13.6. The Morgan fingerprint density at radius 2 is 1.96 bits per heavy atom. The number of aliphatic hydroxyl groups is 1. The van der Waals surface area contributed by atoms with Crippen LogP contribution in [0.3, 0.4) is 0 Å². The molecule has 0 radical (unpaired) electrons. The third-order valence-corrected chi connectivity index (χ3v) is 6.56. The molecule has 1 aromatic heterocycles. The van der Waals surface area contributed by atoms with Crippen molar-refractivity contribution in [1.29, 1.82) is 0 Å². The summed E-state index contributed by atoms with van der Waals surface area (Å²) in [5.74, 6) is 1.13. The summed E-state index contributed by atoms with van der Waals surface area (Å²) in [6.45, 7) is 1.54. The minimum atomic E-state index is -0.493. The van der Waals surface area contributed by atoms with E-state index in [1.807, 2.05) is 6.07 Å². The number of fused-ring (bicyclic) bond motifs is 1. The second-order valence-electron chi connectivity index (χ2n) is 7.40. The molecule has 0 unspecified atom stereocenters. The molecular weight excluding hydrogens is 380 g/mol. The van der Waals surface area contributed by atoms with Crippen LogP contribution in [0.4, 0.5) is 9.93 Å². The molecule has 4 rings (SSSR count). The highest BCUT2D eigenvalue weighted by atomic mass is 32.1. The smallest absolute Gasteiger partial charge is 0.413 e. The molecule has 152 valence electrons. The quantitative estimate of drug-likeness (QED) is 0.796. The van der Waals surface area contributed by atoms with E-state index in [4.69, 9.17) is 14.2 Å². The van der Waals surface area contributed by atoms with Crippen molar-refractivity contribution in [1.82, 2.24) is 4.98 Å². The molecule has 2 heterocycles. The minimum absolute atomic E-state index is 0.148. The molecule has 1 aliphatic carbocycles. The summed E-state index contributed by atoms with van der Waals surface area (Å²) in [4.78, 5) is 16.9. The highest BCUT2D eigenvalue weighted by Gasteiger charge is 2.25. The number of methoxy groups -OCH3 is 1. The lowest BCUT2D eigenvalue weighted by Gasteiger charge is -2.24. The van der Waals surface area contributed by atoms with Gasteiger partial charge in [-0.2, -0.15) is 0 Å². The van der Waals surface area contributed by atoms with Crippen molar-refractivity contribution in [3.8, 4) is 5.75 Å². The summed E-state index contributed by atoms with van der Waals surface area (Å²) in [6, 6.07) is 4.05. The van der Waals surface area contributed by atoms with Crippen molar-refractivity contribution < 1.29 is 24.1 Å². The molecule has 28 heavy (non-hydrogen) atoms. The Bertz CT molecular complexity index is 825. The number of hydrogen-bond donors (Lipinski definition) is 2. The Morgan fingerprint density at radius 3 is 2.68 bits per heavy atom. The van der Waals surface area contributed by atoms with E-state index in [2.05, 4.69) is 16.4 Å². The van der Waals surface area contributed by atoms with Gasteiger partial charge in [0.15, 0.2) is 5.13 Å². The number of rotatable bonds is 4. The van der Waals surface area contributed by atoms with Gasteiger partial charge in [0, 0.05) is 13.2 Å². The first-order valence-corrected chi connectivity index (χ1v) is 10.7. The van der Waals surface area contributed by atoms with Crippen LogP contribution in [0.1, 0.15) is 50.0 Å². The SMILES string of the molecule is COc1ccc(C2CCOCC2)c2sc(NC(=O)OC3CCC(O)CC3)nc12. The summed E-state index contributed by atoms with van der Waals surface area (Å²) >= 11 is 1.45. The van der Waals surface area contributed by atoms with Gasteiger partial charge in [-0.1, -0.05) is 17.4 Å². The Hall–Kier alpha value is -1.90. The standard InChI is InChI=1S/C20H26N2O5S/c1-25-16-7-6-15(12-8-10-26-11-9-12)18-17(16)21-19(28-18)22-20(24)27-14-4-2-13(23)3-5-14/h6-7,12-14,23H,2-5,8-11H2,1H3,(H,21,22,24). The van der Waals surface area contributed by atoms with Gasteiger partial charge in [0.2, 0.25) is 0 Å². The normalized spacial score (nSPS) is 23.5. The zero-order valence-electron chi connectivity index (χ0n) is 16.0. The summed E-state index contributed by atoms with van der Waals surface area (Å²) in [7, 11) is 1.63. The average molecular weight is 407 g/mol. The van der Waals surface area contributed by atoms with Crippen LogP contribution in [0.5, 0.6) is 5.75 Å². The number of nitrogens with one attached hydrogen (secondary N) is 1. The maximum Gasteiger partial charge on any atom is 0.413 e. The van der Waals surface area contributed by atoms with Crippen LogP contribution in [-0.2, 0) is 9.47 Å². The second kappa shape index (κ2) is 8.63. The minimum Gasteiger partial charge on any atom is -0.494 e. The maximum absolute atomic E-state index is 12.3. The lowest BCUT2D eigenvalue weighted by Crippen LogP contribution is -2.28. The number of ether oxygens (including phenoxy) is 3. The average Bonchev–Trinajstić information content (AvgIpc) is 3.13. The van der Waals surface area contributed by atoms with Gasteiger partial charge in [-0.25, -0.2) is 9.78 Å². The monoisotopic (exact) mass is 406 g/mol. The molecule has 1 aromatic carbocycles. The van der Waals surface area contributed by atoms with Crippen LogP contribution in [-0.4, -0.2) is 48.7 Å². The van der Waals surface area contributed by atoms with E-state index in [0.717, 1.165) is 36.3 Å². The van der Waals surface area contributed by atoms with Gasteiger partial charge in [-0.05, 0) is 56.1 Å². The van der Waals surface area contributed by atoms with Gasteiger partial charge in [0.1, 0.15) is 17.4 Å². The molecule has 7 nitrogen and oxygen atoms in total. The highest BCUT2D eigenvalue weighted by Crippen LogP contribution is 2.40. The maximum atomic E-state index is 12.3. The first kappa shape index (κ1) is 19.4. The van der Waals surface area contributed by atoms with Crippen molar-refractivity contribution in [3.05, 3.63) is 17.7 Å². The fourth-order valence-electron chi connectivity index (χ4n) is 3.98. The Labute approximate surface area is 168 Å². The predicted octanol–water partition coefficient (Wildman–Crippen LogP) is 4.05. The van der Waals surface area contributed by atoms with Crippen LogP contribution >= 0.6 is 11.3 Å². The lowest BCUT2D eigenvalue weighted by atomic mass is 9.91. The van der Waals surface area contributed by atoms with E-state index in [-0.39, 0.29) is 12.2 Å². The Kier molecular flexibility index (Phi) is 5.99. The van der Waals surface area contributed by atoms with Crippen LogP contribution < -0.4 is 10.1 Å². The number of thiazole rings is 1. The van der Waals surface area contributed by atoms with Crippen molar-refractivity contribution in [2.24, 2.45) is 0 Å². The number of amides is 1. The molecule has 1 saturated heterocycles. The van der Waals surface area contributed by atoms with Crippen LogP contribution in [0.15, 0.2) is 12.1 Å². The van der Waals surface area contributed by atoms with Crippen LogP contribution in [0.2, 0.25) is 0 Å². The number of aromatic nitrogens is 1. The molecule has 2 N–H and O–H groups in total. The topological polar surface area (TPSA) is 89.9 Å². The molecule has 0 bridgehead atoms. The zero-order valence-corrected chi connectivity index (χ0v) is 16.8. The van der Waals surface area contributed by atoms with E-state index in [1.54, 1.807) is 7.11 Å². The molecule has 1 aliphatic heterocycles. The first-order valence-electron chi connectivity index (χ1n) is 9.85. The molecule has 0 spiro atoms. The fraction of sp³-hybridized carbons (Fsp3) is 0.600. The van der Waals surface area contributed by atoms with Gasteiger partial charge in [0.05, 0.1) is 17.9 Å². The second-order valence-corrected chi connectivity index (χ2v) is 8.40. The number of aliphatic hydroxyl groups excluding tert-OH is 1. The van der Waals surface area contributed by atoms with E-state index in [1.165, 1.54) is 16.9 Å². The van der Waals surface area contributed by atoms with E-state index in [0.29, 0.717) is 42.5 Å². The Balaban J connectivity index is 1.52. The lowest BCUT2D eigenvalue weighted by molar-refractivity contribution is 0.0401. The van der Waals surface area contributed by atoms with Crippen molar-refractivity contribution in [3.63, 3.8) is 0 Å². The number of carbonyl (C=O) groups is 1. The van der Waals surface area contributed by atoms with Gasteiger partial charge >= 0.3 is 6.09 Å². The van der Waals surface area contributed by atoms with Crippen LogP contribution in [0, 0.1) is 0 Å². The number of benzene rings is 1. The number of carbonyl (C=O) groups excluding carboxylic acids is 1. The summed E-state index contributed by atoms with van der Waals surface area (Å²) in [6.07, 6.45) is 3.78. The van der Waals surface area contributed by atoms with E-state index < -0.39 is 6.09 Å². The number of hydrogen-bond acceptors (Lipinski definition) is 7. The molecule has 1 amide bonds. The summed E-state index contributed by atoms with van der Waals surface area (Å²) in [5.41, 5.74) is 2.01. The van der Waals surface area contributed by atoms with Gasteiger partial charge in [0.25, 0.3) is 0 Å². The van der Waals surface area contributed by atoms with E-state index in [9.17, 15) is 9.90 Å². The molecule has 0 atom stereocenters. The number of nitrogens with zero attached hydrogens (tertiary/aromatic N) is 1. The summed E-state index contributed by atoms with van der Waals surface area (Å²) < 4.78 is 17.5. The molecular formula is C20H26N2O5S. The molecule has 2 fully saturated rings. The van der Waals surface area contributed by atoms with Crippen molar-refractivity contribution in [2.45, 2.75) is 56.7 Å². The molecule has 8 heteroatoms. The van der Waals surface area contributed by atoms with Gasteiger partial charge in [-0.15, -0.1) is 0 Å². The fourth-order valence-corrected chi connectivity index (χ4v) is 5.04. The van der Waals surface area contributed by atoms with Crippen molar-refractivity contribution in [2.75, 3.05) is 25.6 Å². The molecule has 2 aromatic rings. The third kappa shape index (κ3) is 4.24. The van der Waals surface area contributed by atoms with Crippen molar-refractivity contribution >= 4 is 32.8 Å². The van der Waals surface area contributed by atoms with Gasteiger partial charge in [-0.3, -0.25) is 5.32 Å². The predicted molar refractivity (Wildman–Crippen MR) is 107 cm³/mol. The van der Waals surface area contributed by atoms with Crippen LogP contribution in [0.25, 0.3) is 10.2 Å². The highest BCUT2D eigenvalue weighted by molar-refractivity contribution is 7.22. The number of anilines is 1. The van der Waals surface area contributed by atoms with E-state index >= 15 is 0 Å². The Morgan fingerprint density at radius 1 is 1.21 bits per heavy atom. The zero-order chi connectivity index (χ0) is 19.5. The summed E-state index contributed by atoms with van der Waals surface area (Å²) in [5, 5.41) is 12.9. The molecule has 1 saturated carbocycles. The van der Waals surface area contributed by atoms with Gasteiger partial charge < -0.3 is 19.3 Å².